The number of hydrogen-bond acceptors (Lipinski definition) is 8. The van der Waals surface area contributed by atoms with Gasteiger partial charge in [-0.1, -0.05) is 55.5 Å². The molecule has 280 valence electrons. The molecule has 0 radical (unpaired) electrons. The lowest BCUT2D eigenvalue weighted by atomic mass is 10.0. The number of carbonyl (C=O) groups excluding carboxylic acids is 3. The number of carbonyl (C=O) groups is 4. The molecule has 2 unspecified atom stereocenters. The normalized spacial score (nSPS) is 18.7. The Kier molecular flexibility index (Phi) is 11.4. The van der Waals surface area contributed by atoms with E-state index in [2.05, 4.69) is 42.7 Å². The zero-order valence-corrected chi connectivity index (χ0v) is 30.3. The molecule has 0 aliphatic carbocycles. The maximum absolute atomic E-state index is 13.4. The third kappa shape index (κ3) is 8.04. The fourth-order valence-corrected chi connectivity index (χ4v) is 7.19. The first-order valence-corrected chi connectivity index (χ1v) is 17.9. The van der Waals surface area contributed by atoms with Gasteiger partial charge in [0.05, 0.1) is 49.1 Å². The molecule has 0 bridgehead atoms. The molecule has 2 saturated heterocycles. The van der Waals surface area contributed by atoms with Crippen LogP contribution in [0.2, 0.25) is 0 Å². The van der Waals surface area contributed by atoms with E-state index in [1.165, 1.54) is 14.2 Å². The number of alkyl carbamates (subject to hydrolysis) is 1. The number of carboxylic acid groups (broad SMARTS) is 1. The quantitative estimate of drug-likeness (QED) is 0.129. The van der Waals surface area contributed by atoms with Crippen molar-refractivity contribution in [1.29, 1.82) is 0 Å². The lowest BCUT2D eigenvalue weighted by molar-refractivity contribution is -0.137. The molecule has 2 aromatic carbocycles. The monoisotopic (exact) mass is 726 g/mol. The molecule has 2 aromatic heterocycles. The van der Waals surface area contributed by atoms with Crippen molar-refractivity contribution >= 4 is 24.0 Å². The summed E-state index contributed by atoms with van der Waals surface area (Å²) in [6.45, 7) is 4.61. The number of nitrogens with one attached hydrogen (secondary N) is 4. The summed E-state index contributed by atoms with van der Waals surface area (Å²) in [6.07, 6.45) is 4.57. The first-order chi connectivity index (χ1) is 25.6. The van der Waals surface area contributed by atoms with Gasteiger partial charge in [-0.3, -0.25) is 9.59 Å². The molecule has 2 aliphatic rings. The molecule has 53 heavy (non-hydrogen) atoms. The number of ether oxygens (including phenoxy) is 2. The Morgan fingerprint density at radius 3 is 1.70 bits per heavy atom. The number of aromatic nitrogens is 4. The van der Waals surface area contributed by atoms with E-state index < -0.39 is 30.4 Å². The number of hydrogen-bond donors (Lipinski definition) is 5. The summed E-state index contributed by atoms with van der Waals surface area (Å²) < 4.78 is 9.99. The summed E-state index contributed by atoms with van der Waals surface area (Å²) in [7, 11) is 2.72. The third-order valence-electron chi connectivity index (χ3n) is 10.2. The Morgan fingerprint density at radius 2 is 1.26 bits per heavy atom. The number of methoxy groups -OCH3 is 2. The van der Waals surface area contributed by atoms with Gasteiger partial charge < -0.3 is 45.0 Å². The molecule has 2 aliphatic heterocycles. The maximum atomic E-state index is 13.4. The van der Waals surface area contributed by atoms with E-state index in [9.17, 15) is 24.3 Å². The van der Waals surface area contributed by atoms with E-state index in [4.69, 9.17) is 9.47 Å². The van der Waals surface area contributed by atoms with Crippen LogP contribution in [0.5, 0.6) is 0 Å². The fraction of sp³-hybridized carbons (Fsp3) is 0.421. The van der Waals surface area contributed by atoms with Gasteiger partial charge in [0.25, 0.3) is 0 Å². The first-order valence-electron chi connectivity index (χ1n) is 17.9. The lowest BCUT2D eigenvalue weighted by Gasteiger charge is -2.30. The van der Waals surface area contributed by atoms with E-state index in [1.807, 2.05) is 43.3 Å². The Labute approximate surface area is 307 Å². The van der Waals surface area contributed by atoms with Crippen molar-refractivity contribution in [3.8, 4) is 33.6 Å². The summed E-state index contributed by atoms with van der Waals surface area (Å²) in [5, 5.41) is 14.2. The summed E-state index contributed by atoms with van der Waals surface area (Å²) >= 11 is 0. The topological polar surface area (TPSA) is 195 Å². The second-order valence-electron chi connectivity index (χ2n) is 13.4. The maximum Gasteiger partial charge on any atom is 0.407 e. The predicted octanol–water partition coefficient (Wildman–Crippen LogP) is 5.27. The van der Waals surface area contributed by atoms with E-state index >= 15 is 0 Å². The van der Waals surface area contributed by atoms with Gasteiger partial charge in [0.15, 0.2) is 0 Å². The van der Waals surface area contributed by atoms with Crippen LogP contribution < -0.4 is 10.6 Å². The molecule has 4 amide bonds. The zero-order valence-electron chi connectivity index (χ0n) is 30.3. The summed E-state index contributed by atoms with van der Waals surface area (Å²) in [4.78, 5) is 69.4. The number of H-pyrrole nitrogens is 2. The van der Waals surface area contributed by atoms with Gasteiger partial charge in [0.2, 0.25) is 11.8 Å². The van der Waals surface area contributed by atoms with Crippen LogP contribution in [0.4, 0.5) is 9.59 Å². The van der Waals surface area contributed by atoms with Crippen LogP contribution in [0.15, 0.2) is 60.9 Å². The minimum absolute atomic E-state index is 0.146. The molecule has 0 spiro atoms. The van der Waals surface area contributed by atoms with Crippen LogP contribution in [0.25, 0.3) is 33.6 Å². The minimum Gasteiger partial charge on any atom is -0.465 e. The molecule has 2 fully saturated rings. The van der Waals surface area contributed by atoms with Gasteiger partial charge in [-0.15, -0.1) is 0 Å². The Morgan fingerprint density at radius 1 is 0.792 bits per heavy atom. The summed E-state index contributed by atoms with van der Waals surface area (Å²) in [6, 6.07) is 14.1. The smallest absolute Gasteiger partial charge is 0.407 e. The Balaban J connectivity index is 1.10. The molecule has 5 atom stereocenters. The van der Waals surface area contributed by atoms with Gasteiger partial charge in [-0.2, -0.15) is 0 Å². The van der Waals surface area contributed by atoms with E-state index in [0.29, 0.717) is 37.6 Å². The fourth-order valence-electron chi connectivity index (χ4n) is 7.19. The van der Waals surface area contributed by atoms with Crippen molar-refractivity contribution in [2.75, 3.05) is 27.3 Å². The van der Waals surface area contributed by atoms with Crippen LogP contribution in [0.3, 0.4) is 0 Å². The third-order valence-corrected chi connectivity index (χ3v) is 10.2. The molecule has 4 aromatic rings. The average molecular weight is 727 g/mol. The van der Waals surface area contributed by atoms with Crippen LogP contribution in [-0.2, 0) is 19.1 Å². The highest BCUT2D eigenvalue weighted by atomic mass is 16.5. The van der Waals surface area contributed by atoms with Crippen molar-refractivity contribution in [3.63, 3.8) is 0 Å². The average Bonchev–Trinajstić information content (AvgIpc) is 4.02. The number of aromatic amines is 2. The number of likely N-dealkylation sites (tertiary alicyclic amines) is 2. The predicted molar refractivity (Wildman–Crippen MR) is 195 cm³/mol. The number of imidazole rings is 2. The standard InChI is InChI=1S/C38H46N8O7/c1-5-27(43-38(51)53-4)35(47)45-18-6-8-30(45)33-39-20-28(41-33)25-14-10-23(11-15-25)24-12-16-26(17-13-24)29-21-40-34(42-29)31-9-7-19-46(31)36(48)32(22(2)52-3)44-37(49)50/h10-17,20-22,27,30-32,44H,5-9,18-19H2,1-4H3,(H,39,41)(H,40,42)(H,43,51)(H,49,50)/t22?,27-,30?,31-,32-/m0/s1. The summed E-state index contributed by atoms with van der Waals surface area (Å²) in [5.74, 6) is 0.884. The highest BCUT2D eigenvalue weighted by molar-refractivity contribution is 5.87. The largest absolute Gasteiger partial charge is 0.465 e. The summed E-state index contributed by atoms with van der Waals surface area (Å²) in [5.41, 5.74) is 5.64. The molecule has 15 nitrogen and oxygen atoms in total. The Bertz CT molecular complexity index is 1910. The van der Waals surface area contributed by atoms with Crippen molar-refractivity contribution in [2.45, 2.75) is 76.2 Å². The van der Waals surface area contributed by atoms with Gasteiger partial charge >= 0.3 is 12.2 Å². The van der Waals surface area contributed by atoms with Crippen LogP contribution in [0.1, 0.15) is 69.7 Å². The van der Waals surface area contributed by atoms with Crippen molar-refractivity contribution in [3.05, 3.63) is 72.6 Å². The highest BCUT2D eigenvalue weighted by Crippen LogP contribution is 2.35. The van der Waals surface area contributed by atoms with Crippen LogP contribution in [-0.4, -0.2) is 104 Å². The van der Waals surface area contributed by atoms with E-state index in [0.717, 1.165) is 52.9 Å². The SMILES string of the molecule is CC[C@H](NC(=O)OC)C(=O)N1CCCC1c1ncc(-c2ccc(-c3ccc(-c4cnc([C@@H]5CCCN5C(=O)[C@@H](NC(=O)O)C(C)OC)[nH]4)cc3)cc2)[nH]1. The van der Waals surface area contributed by atoms with Crippen molar-refractivity contribution < 1.29 is 33.8 Å². The molecule has 4 heterocycles. The molecular weight excluding hydrogens is 680 g/mol. The number of amides is 4. The zero-order chi connectivity index (χ0) is 37.6. The Hall–Kier alpha value is -5.70. The van der Waals surface area contributed by atoms with Crippen molar-refractivity contribution in [1.82, 2.24) is 40.4 Å². The van der Waals surface area contributed by atoms with Crippen LogP contribution in [0, 0.1) is 0 Å². The second kappa shape index (κ2) is 16.3. The number of benzene rings is 2. The lowest BCUT2D eigenvalue weighted by Crippen LogP contribution is -2.53. The van der Waals surface area contributed by atoms with Gasteiger partial charge in [-0.05, 0) is 61.3 Å². The molecule has 5 N–H and O–H groups in total. The van der Waals surface area contributed by atoms with E-state index in [1.54, 1.807) is 29.1 Å². The van der Waals surface area contributed by atoms with Gasteiger partial charge in [-0.25, -0.2) is 19.6 Å². The molecule has 6 rings (SSSR count). The van der Waals surface area contributed by atoms with Crippen LogP contribution >= 0.6 is 0 Å². The molecule has 0 saturated carbocycles. The minimum atomic E-state index is -1.28. The molecular formula is C38H46N8O7. The first kappa shape index (κ1) is 37.1. The van der Waals surface area contributed by atoms with E-state index in [-0.39, 0.29) is 23.9 Å². The second-order valence-corrected chi connectivity index (χ2v) is 13.4. The number of rotatable bonds is 12. The van der Waals surface area contributed by atoms with Crippen molar-refractivity contribution in [2.24, 2.45) is 0 Å². The highest BCUT2D eigenvalue weighted by Gasteiger charge is 2.39. The molecule has 15 heteroatoms. The number of nitrogens with zero attached hydrogens (tertiary/aromatic N) is 4. The van der Waals surface area contributed by atoms with Gasteiger partial charge in [0, 0.05) is 20.2 Å². The van der Waals surface area contributed by atoms with Gasteiger partial charge in [0.1, 0.15) is 23.7 Å².